The molecular weight excluding hydrogens is 520 g/mol. The first-order chi connectivity index (χ1) is 18.6. The van der Waals surface area contributed by atoms with Crippen LogP contribution in [-0.4, -0.2) is 48.5 Å². The lowest BCUT2D eigenvalue weighted by Crippen LogP contribution is -2.32. The molecule has 0 aliphatic heterocycles. The van der Waals surface area contributed by atoms with Gasteiger partial charge in [0.25, 0.3) is 0 Å². The molecule has 1 aromatic heterocycles. The summed E-state index contributed by atoms with van der Waals surface area (Å²) in [4.78, 5) is 38.0. The number of esters is 2. The zero-order valence-corrected chi connectivity index (χ0v) is 23.4. The molecule has 1 heterocycles. The van der Waals surface area contributed by atoms with Crippen molar-refractivity contribution in [1.82, 2.24) is 4.37 Å². The van der Waals surface area contributed by atoms with E-state index in [0.717, 1.165) is 11.5 Å². The predicted octanol–water partition coefficient (Wildman–Crippen LogP) is 5.52. The van der Waals surface area contributed by atoms with E-state index in [-0.39, 0.29) is 43.4 Å². The molecule has 0 spiro atoms. The fourth-order valence-electron chi connectivity index (χ4n) is 3.12. The van der Waals surface area contributed by atoms with Crippen LogP contribution in [0.4, 0.5) is 22.1 Å². The van der Waals surface area contributed by atoms with Crippen LogP contribution in [0.1, 0.15) is 44.9 Å². The number of amides is 1. The van der Waals surface area contributed by atoms with Crippen LogP contribution in [0.15, 0.2) is 52.7 Å². The van der Waals surface area contributed by atoms with Gasteiger partial charge in [-0.15, -0.1) is 10.2 Å². The van der Waals surface area contributed by atoms with Crippen LogP contribution in [0.25, 0.3) is 0 Å². The van der Waals surface area contributed by atoms with Crippen LogP contribution in [0, 0.1) is 18.3 Å². The highest BCUT2D eigenvalue weighted by atomic mass is 32.1. The highest BCUT2D eigenvalue weighted by molar-refractivity contribution is 7.10. The second-order valence-electron chi connectivity index (χ2n) is 8.58. The Morgan fingerprint density at radius 1 is 1.10 bits per heavy atom. The Labute approximate surface area is 232 Å². The lowest BCUT2D eigenvalue weighted by atomic mass is 10.2. The number of hydrogen-bond acceptors (Lipinski definition) is 11. The molecule has 0 fully saturated rings. The third-order valence-corrected chi connectivity index (χ3v) is 6.01. The summed E-state index contributed by atoms with van der Waals surface area (Å²) in [5, 5.41) is 21.1. The number of nitriles is 1. The molecule has 2 rings (SSSR count). The van der Waals surface area contributed by atoms with Gasteiger partial charge in [-0.05, 0) is 56.9 Å². The van der Waals surface area contributed by atoms with Crippen molar-refractivity contribution in [3.05, 3.63) is 53.8 Å². The quantitative estimate of drug-likeness (QED) is 0.183. The summed E-state index contributed by atoms with van der Waals surface area (Å²) in [5.74, 6) is -1.22. The average Bonchev–Trinajstić information content (AvgIpc) is 3.25. The number of aromatic nitrogens is 1. The summed E-state index contributed by atoms with van der Waals surface area (Å²) in [6.07, 6.45) is 0.965. The number of hydrogen-bond donors (Lipinski definition) is 1. The average molecular weight is 553 g/mol. The Bertz CT molecular complexity index is 1280. The Morgan fingerprint density at radius 3 is 2.26 bits per heavy atom. The molecule has 0 bridgehead atoms. The molecule has 0 aliphatic rings. The predicted molar refractivity (Wildman–Crippen MR) is 149 cm³/mol. The number of aryl methyl sites for hydroxylation is 1. The van der Waals surface area contributed by atoms with Gasteiger partial charge in [-0.25, -0.2) is 9.59 Å². The van der Waals surface area contributed by atoms with Gasteiger partial charge in [0.15, 0.2) is 5.00 Å². The molecule has 2 aromatic rings. The van der Waals surface area contributed by atoms with Crippen molar-refractivity contribution in [2.24, 2.45) is 10.2 Å². The van der Waals surface area contributed by atoms with Crippen LogP contribution in [-0.2, 0) is 23.9 Å². The number of carbonyl (C=O) groups is 3. The number of nitrogens with one attached hydrogen (secondary N) is 1. The fraction of sp³-hybridized carbons (Fsp3) is 0.370. The maximum absolute atomic E-state index is 12.5. The van der Waals surface area contributed by atoms with E-state index in [0.29, 0.717) is 46.2 Å². The second kappa shape index (κ2) is 15.1. The van der Waals surface area contributed by atoms with E-state index in [1.807, 2.05) is 11.8 Å². The van der Waals surface area contributed by atoms with Gasteiger partial charge in [0.05, 0.1) is 24.5 Å². The minimum absolute atomic E-state index is 0.0563. The van der Waals surface area contributed by atoms with Gasteiger partial charge in [0.1, 0.15) is 30.5 Å². The lowest BCUT2D eigenvalue weighted by Gasteiger charge is -2.25. The van der Waals surface area contributed by atoms with E-state index in [2.05, 4.69) is 39.1 Å². The van der Waals surface area contributed by atoms with Gasteiger partial charge >= 0.3 is 11.9 Å². The fourth-order valence-corrected chi connectivity index (χ4v) is 3.79. The largest absolute Gasteiger partial charge is 0.460 e. The van der Waals surface area contributed by atoms with Crippen molar-refractivity contribution in [3.8, 4) is 6.07 Å². The zero-order valence-electron chi connectivity index (χ0n) is 22.6. The van der Waals surface area contributed by atoms with Crippen molar-refractivity contribution in [3.63, 3.8) is 0 Å². The number of benzene rings is 1. The number of azo groups is 1. The highest BCUT2D eigenvalue weighted by Crippen LogP contribution is 2.34. The van der Waals surface area contributed by atoms with Crippen molar-refractivity contribution in [2.75, 3.05) is 36.5 Å². The Hall–Kier alpha value is -4.37. The molecule has 0 unspecified atom stereocenters. The normalized spacial score (nSPS) is 10.5. The minimum atomic E-state index is -0.512. The Morgan fingerprint density at radius 2 is 1.72 bits per heavy atom. The van der Waals surface area contributed by atoms with E-state index in [9.17, 15) is 19.6 Å². The third-order valence-electron chi connectivity index (χ3n) is 5.19. The summed E-state index contributed by atoms with van der Waals surface area (Å²) in [6.45, 7) is 14.5. The zero-order chi connectivity index (χ0) is 28.9. The summed E-state index contributed by atoms with van der Waals surface area (Å²) in [5.41, 5.74) is 2.91. The number of rotatable bonds is 14. The molecular formula is C27H32N6O5S. The number of nitrogens with zero attached hydrogens (tertiary/aromatic N) is 5. The molecule has 1 aromatic carbocycles. The SMILES string of the molecule is C=C(C)C(=O)OCCN(CCOC(=O)C(=C)C)c1ccc(N=Nc2snc(C)c2C#N)c(NC(=O)CCC)c1. The minimum Gasteiger partial charge on any atom is -0.460 e. The van der Waals surface area contributed by atoms with Crippen molar-refractivity contribution >= 4 is 51.4 Å². The molecule has 1 N–H and O–H groups in total. The van der Waals surface area contributed by atoms with Gasteiger partial charge in [-0.2, -0.15) is 9.64 Å². The smallest absolute Gasteiger partial charge is 0.333 e. The molecule has 0 radical (unpaired) electrons. The van der Waals surface area contributed by atoms with Crippen LogP contribution in [0.3, 0.4) is 0 Å². The maximum atomic E-state index is 12.5. The molecule has 0 saturated carbocycles. The molecule has 11 nitrogen and oxygen atoms in total. The molecule has 206 valence electrons. The molecule has 0 aliphatic carbocycles. The first kappa shape index (κ1) is 30.9. The summed E-state index contributed by atoms with van der Waals surface area (Å²) in [6, 6.07) is 7.22. The van der Waals surface area contributed by atoms with Crippen molar-refractivity contribution in [1.29, 1.82) is 5.26 Å². The van der Waals surface area contributed by atoms with E-state index in [1.54, 1.807) is 39.0 Å². The molecule has 1 amide bonds. The molecule has 39 heavy (non-hydrogen) atoms. The second-order valence-corrected chi connectivity index (χ2v) is 9.33. The lowest BCUT2D eigenvalue weighted by molar-refractivity contribution is -0.139. The Kier molecular flexibility index (Phi) is 12.0. The van der Waals surface area contributed by atoms with Crippen molar-refractivity contribution < 1.29 is 23.9 Å². The topological polar surface area (TPSA) is 146 Å². The summed E-state index contributed by atoms with van der Waals surface area (Å²) < 4.78 is 14.6. The van der Waals surface area contributed by atoms with Gasteiger partial charge < -0.3 is 19.7 Å². The van der Waals surface area contributed by atoms with E-state index >= 15 is 0 Å². The molecule has 0 atom stereocenters. The van der Waals surface area contributed by atoms with Gasteiger partial charge in [-0.3, -0.25) is 4.79 Å². The van der Waals surface area contributed by atoms with E-state index in [4.69, 9.17) is 9.47 Å². The van der Waals surface area contributed by atoms with Crippen LogP contribution in [0.2, 0.25) is 0 Å². The van der Waals surface area contributed by atoms with Crippen LogP contribution in [0.5, 0.6) is 0 Å². The summed E-state index contributed by atoms with van der Waals surface area (Å²) in [7, 11) is 0. The van der Waals surface area contributed by atoms with E-state index < -0.39 is 11.9 Å². The van der Waals surface area contributed by atoms with E-state index in [1.165, 1.54) is 0 Å². The van der Waals surface area contributed by atoms with Crippen molar-refractivity contribution in [2.45, 2.75) is 40.5 Å². The maximum Gasteiger partial charge on any atom is 0.333 e. The number of ether oxygens (including phenoxy) is 2. The first-order valence-electron chi connectivity index (χ1n) is 12.2. The highest BCUT2D eigenvalue weighted by Gasteiger charge is 2.15. The summed E-state index contributed by atoms with van der Waals surface area (Å²) >= 11 is 1.06. The van der Waals surface area contributed by atoms with Crippen LogP contribution < -0.4 is 10.2 Å². The standard InChI is InChI=1S/C27H32N6O5S/c1-7-8-24(34)29-23-15-20(9-10-22(23)30-31-25-21(16-28)19(6)32-39-25)33(11-13-37-26(35)17(2)3)12-14-38-27(36)18(4)5/h9-10,15H,2,4,7-8,11-14H2,1,3,5-6H3,(H,29,34). The van der Waals surface area contributed by atoms with Crippen LogP contribution >= 0.6 is 11.5 Å². The van der Waals surface area contributed by atoms with Gasteiger partial charge in [-0.1, -0.05) is 20.1 Å². The number of carbonyl (C=O) groups excluding carboxylic acids is 3. The third kappa shape index (κ3) is 9.46. The van der Waals surface area contributed by atoms with Gasteiger partial charge in [0, 0.05) is 23.3 Å². The molecule has 12 heteroatoms. The monoisotopic (exact) mass is 552 g/mol. The molecule has 0 saturated heterocycles. The number of anilines is 2. The first-order valence-corrected chi connectivity index (χ1v) is 13.0. The Balaban J connectivity index is 2.38. The van der Waals surface area contributed by atoms with Gasteiger partial charge in [0.2, 0.25) is 5.91 Å².